The van der Waals surface area contributed by atoms with E-state index in [4.69, 9.17) is 4.74 Å². The third-order valence-corrected chi connectivity index (χ3v) is 5.28. The fourth-order valence-corrected chi connectivity index (χ4v) is 3.69. The molecule has 1 fully saturated rings. The van der Waals surface area contributed by atoms with E-state index in [9.17, 15) is 9.18 Å². The van der Waals surface area contributed by atoms with Gasteiger partial charge in [0.05, 0.1) is 11.9 Å². The number of anilines is 1. The van der Waals surface area contributed by atoms with Crippen LogP contribution in [-0.4, -0.2) is 31.8 Å². The van der Waals surface area contributed by atoms with E-state index in [1.807, 2.05) is 55.5 Å². The number of benzene rings is 3. The van der Waals surface area contributed by atoms with Crippen molar-refractivity contribution in [1.82, 2.24) is 5.43 Å². The average molecular weight is 405 g/mol. The van der Waals surface area contributed by atoms with Crippen molar-refractivity contribution in [1.29, 1.82) is 0 Å². The van der Waals surface area contributed by atoms with Crippen molar-refractivity contribution in [2.45, 2.75) is 19.8 Å². The molecule has 3 aromatic carbocycles. The lowest BCUT2D eigenvalue weighted by atomic mass is 10.1. The quantitative estimate of drug-likeness (QED) is 0.488. The first-order chi connectivity index (χ1) is 14.6. The Hall–Kier alpha value is -3.41. The third kappa shape index (κ3) is 4.43. The van der Waals surface area contributed by atoms with Gasteiger partial charge in [-0.05, 0) is 48.9 Å². The summed E-state index contributed by atoms with van der Waals surface area (Å²) in [5, 5.41) is 5.95. The highest BCUT2D eigenvalue weighted by Crippen LogP contribution is 2.26. The topological polar surface area (TPSA) is 53.9 Å². The summed E-state index contributed by atoms with van der Waals surface area (Å²) in [7, 11) is 0. The second-order valence-electron chi connectivity index (χ2n) is 7.41. The number of hydrazone groups is 1. The van der Waals surface area contributed by atoms with E-state index in [2.05, 4.69) is 15.4 Å². The Morgan fingerprint density at radius 2 is 1.93 bits per heavy atom. The number of amides is 1. The van der Waals surface area contributed by atoms with Gasteiger partial charge in [-0.2, -0.15) is 5.10 Å². The Bertz CT molecular complexity index is 1090. The maximum Gasteiger partial charge on any atom is 0.277 e. The van der Waals surface area contributed by atoms with Crippen molar-refractivity contribution >= 4 is 28.6 Å². The molecule has 0 spiro atoms. The normalized spacial score (nSPS) is 13.9. The molecule has 3 aromatic rings. The summed E-state index contributed by atoms with van der Waals surface area (Å²) in [6.45, 7) is 3.52. The molecule has 0 radical (unpaired) electrons. The Kier molecular flexibility index (Phi) is 5.93. The van der Waals surface area contributed by atoms with Crippen LogP contribution in [0.15, 0.2) is 59.7 Å². The maximum atomic E-state index is 14.5. The zero-order valence-electron chi connectivity index (χ0n) is 16.9. The van der Waals surface area contributed by atoms with E-state index < -0.39 is 0 Å². The van der Waals surface area contributed by atoms with E-state index in [1.54, 1.807) is 0 Å². The second-order valence-corrected chi connectivity index (χ2v) is 7.41. The monoisotopic (exact) mass is 405 g/mol. The lowest BCUT2D eigenvalue weighted by Gasteiger charge is -2.19. The smallest absolute Gasteiger partial charge is 0.277 e. The van der Waals surface area contributed by atoms with Crippen LogP contribution in [0, 0.1) is 12.7 Å². The van der Waals surface area contributed by atoms with Gasteiger partial charge in [0.1, 0.15) is 11.6 Å². The van der Waals surface area contributed by atoms with Gasteiger partial charge in [0.25, 0.3) is 5.91 Å². The van der Waals surface area contributed by atoms with E-state index in [0.717, 1.165) is 42.3 Å². The summed E-state index contributed by atoms with van der Waals surface area (Å²) < 4.78 is 20.1. The molecule has 6 heteroatoms. The number of halogens is 1. The number of aryl methyl sites for hydroxylation is 1. The average Bonchev–Trinajstić information content (AvgIpc) is 3.29. The van der Waals surface area contributed by atoms with Gasteiger partial charge in [0.15, 0.2) is 6.61 Å². The van der Waals surface area contributed by atoms with Crippen LogP contribution in [0.2, 0.25) is 0 Å². The van der Waals surface area contributed by atoms with Crippen LogP contribution in [0.3, 0.4) is 0 Å². The first-order valence-electron chi connectivity index (χ1n) is 10.1. The summed E-state index contributed by atoms with van der Waals surface area (Å²) in [5.74, 6) is -0.0109. The molecular formula is C24H24FN3O2. The Morgan fingerprint density at radius 3 is 2.77 bits per heavy atom. The minimum absolute atomic E-state index is 0.160. The van der Waals surface area contributed by atoms with Crippen molar-refractivity contribution in [3.05, 3.63) is 71.5 Å². The zero-order valence-corrected chi connectivity index (χ0v) is 16.9. The van der Waals surface area contributed by atoms with Crippen LogP contribution in [0.4, 0.5) is 10.1 Å². The SMILES string of the molecule is Cc1cc(N2CCCC2)c(F)cc1/C=N/NC(=O)COc1cccc2ccccc12. The number of carbonyl (C=O) groups excluding carboxylic acids is 1. The number of hydrogen-bond donors (Lipinski definition) is 1. The molecule has 30 heavy (non-hydrogen) atoms. The molecule has 1 aliphatic rings. The van der Waals surface area contributed by atoms with Crippen LogP contribution in [0.1, 0.15) is 24.0 Å². The number of rotatable bonds is 6. The number of fused-ring (bicyclic) bond motifs is 1. The lowest BCUT2D eigenvalue weighted by Crippen LogP contribution is -2.24. The fourth-order valence-electron chi connectivity index (χ4n) is 3.69. The van der Waals surface area contributed by atoms with Gasteiger partial charge in [0.2, 0.25) is 0 Å². The minimum atomic E-state index is -0.383. The van der Waals surface area contributed by atoms with Crippen molar-refractivity contribution in [2.75, 3.05) is 24.6 Å². The molecular weight excluding hydrogens is 381 g/mol. The molecule has 0 aromatic heterocycles. The Morgan fingerprint density at radius 1 is 1.17 bits per heavy atom. The molecule has 154 valence electrons. The number of ether oxygens (including phenoxy) is 1. The number of hydrogen-bond acceptors (Lipinski definition) is 4. The van der Waals surface area contributed by atoms with Crippen LogP contribution in [0.25, 0.3) is 10.8 Å². The van der Waals surface area contributed by atoms with Crippen molar-refractivity contribution in [3.63, 3.8) is 0 Å². The predicted octanol–water partition coefficient (Wildman–Crippen LogP) is 4.42. The van der Waals surface area contributed by atoms with Gasteiger partial charge in [0, 0.05) is 24.0 Å². The summed E-state index contributed by atoms with van der Waals surface area (Å²) >= 11 is 0. The van der Waals surface area contributed by atoms with Crippen LogP contribution in [-0.2, 0) is 4.79 Å². The molecule has 0 saturated carbocycles. The molecule has 0 atom stereocenters. The molecule has 0 bridgehead atoms. The van der Waals surface area contributed by atoms with E-state index >= 15 is 0 Å². The summed E-state index contributed by atoms with van der Waals surface area (Å²) in [4.78, 5) is 14.2. The summed E-state index contributed by atoms with van der Waals surface area (Å²) in [6.07, 6.45) is 3.64. The van der Waals surface area contributed by atoms with E-state index in [1.165, 1.54) is 12.3 Å². The lowest BCUT2D eigenvalue weighted by molar-refractivity contribution is -0.123. The van der Waals surface area contributed by atoms with Gasteiger partial charge in [-0.25, -0.2) is 9.82 Å². The van der Waals surface area contributed by atoms with Crippen molar-refractivity contribution < 1.29 is 13.9 Å². The Labute approximate surface area is 175 Å². The largest absolute Gasteiger partial charge is 0.483 e. The van der Waals surface area contributed by atoms with Gasteiger partial charge < -0.3 is 9.64 Å². The maximum absolute atomic E-state index is 14.5. The Balaban J connectivity index is 1.36. The molecule has 1 heterocycles. The molecule has 4 rings (SSSR count). The van der Waals surface area contributed by atoms with Gasteiger partial charge >= 0.3 is 0 Å². The second kappa shape index (κ2) is 8.95. The van der Waals surface area contributed by atoms with Crippen molar-refractivity contribution in [2.24, 2.45) is 5.10 Å². The molecule has 1 N–H and O–H groups in total. The van der Waals surface area contributed by atoms with Gasteiger partial charge in [-0.15, -0.1) is 0 Å². The van der Waals surface area contributed by atoms with E-state index in [0.29, 0.717) is 17.0 Å². The van der Waals surface area contributed by atoms with Gasteiger partial charge in [-0.1, -0.05) is 36.4 Å². The first kappa shape index (κ1) is 19.9. The highest BCUT2D eigenvalue weighted by atomic mass is 19.1. The minimum Gasteiger partial charge on any atom is -0.483 e. The van der Waals surface area contributed by atoms with Crippen LogP contribution in [0.5, 0.6) is 5.75 Å². The zero-order chi connectivity index (χ0) is 20.9. The number of nitrogens with zero attached hydrogens (tertiary/aromatic N) is 2. The molecule has 1 aliphatic heterocycles. The first-order valence-corrected chi connectivity index (χ1v) is 10.1. The van der Waals surface area contributed by atoms with E-state index in [-0.39, 0.29) is 18.3 Å². The van der Waals surface area contributed by atoms with Gasteiger partial charge in [-0.3, -0.25) is 4.79 Å². The predicted molar refractivity (Wildman–Crippen MR) is 118 cm³/mol. The molecule has 1 amide bonds. The summed E-state index contributed by atoms with van der Waals surface area (Å²) in [6, 6.07) is 16.8. The highest BCUT2D eigenvalue weighted by molar-refractivity contribution is 5.89. The van der Waals surface area contributed by atoms with Crippen LogP contribution >= 0.6 is 0 Å². The van der Waals surface area contributed by atoms with Crippen LogP contribution < -0.4 is 15.1 Å². The molecule has 0 aliphatic carbocycles. The third-order valence-electron chi connectivity index (χ3n) is 5.28. The highest BCUT2D eigenvalue weighted by Gasteiger charge is 2.17. The number of carbonyl (C=O) groups is 1. The number of nitrogens with one attached hydrogen (secondary N) is 1. The standard InChI is InChI=1S/C24H24FN3O2/c1-17-13-22(28-11-4-5-12-28)21(25)14-19(17)15-26-27-24(29)16-30-23-10-6-8-18-7-2-3-9-20(18)23/h2-3,6-10,13-15H,4-5,11-12,16H2,1H3,(H,27,29)/b26-15+. The molecule has 5 nitrogen and oxygen atoms in total. The molecule has 1 saturated heterocycles. The fraction of sp³-hybridized carbons (Fsp3) is 0.250. The molecule has 0 unspecified atom stereocenters. The van der Waals surface area contributed by atoms with Crippen molar-refractivity contribution in [3.8, 4) is 5.75 Å². The summed E-state index contributed by atoms with van der Waals surface area (Å²) in [5.41, 5.74) is 4.61.